The summed E-state index contributed by atoms with van der Waals surface area (Å²) in [5.74, 6) is -0.635. The molecule has 2 bridgehead atoms. The van der Waals surface area contributed by atoms with Crippen LogP contribution in [0, 0.1) is 33.8 Å². The lowest BCUT2D eigenvalue weighted by Gasteiger charge is -2.19. The van der Waals surface area contributed by atoms with E-state index in [1.807, 2.05) is 0 Å². The van der Waals surface area contributed by atoms with Crippen LogP contribution in [0.5, 0.6) is 0 Å². The average Bonchev–Trinajstić information content (AvgIpc) is 3.30. The Balaban J connectivity index is 1.34. The van der Waals surface area contributed by atoms with Gasteiger partial charge in [-0.05, 0) is 36.7 Å². The molecule has 1 N–H and O–H groups in total. The number of likely N-dealkylation sites (tertiary alicyclic amines) is 1. The maximum atomic E-state index is 12.6. The van der Waals surface area contributed by atoms with Crippen LogP contribution in [-0.4, -0.2) is 34.1 Å². The van der Waals surface area contributed by atoms with Crippen LogP contribution in [0.25, 0.3) is 0 Å². The second-order valence-corrected chi connectivity index (χ2v) is 7.35. The first-order valence-corrected chi connectivity index (χ1v) is 8.81. The van der Waals surface area contributed by atoms with Crippen molar-refractivity contribution in [2.24, 2.45) is 23.7 Å². The highest BCUT2D eigenvalue weighted by Crippen LogP contribution is 2.55. The van der Waals surface area contributed by atoms with Gasteiger partial charge in [-0.25, -0.2) is 0 Å². The second kappa shape index (κ2) is 6.19. The Hall–Kier alpha value is -2.77. The minimum absolute atomic E-state index is 0.0190. The van der Waals surface area contributed by atoms with Gasteiger partial charge in [0.1, 0.15) is 6.54 Å². The summed E-state index contributed by atoms with van der Waals surface area (Å²) in [5.41, 5.74) is 0.687. The molecule has 1 aliphatic heterocycles. The number of nitro groups is 1. The SMILES string of the molecule is O=C(CN1C(=O)[C@@H]2[C@@H]3CC[C@@H](C3)[C@@H]2C1=O)NCc1ccc([N+](=O)[O-])cc1. The van der Waals surface area contributed by atoms with E-state index in [0.29, 0.717) is 17.4 Å². The molecule has 1 aromatic carbocycles. The molecule has 3 aliphatic rings. The largest absolute Gasteiger partial charge is 0.350 e. The highest BCUT2D eigenvalue weighted by Gasteiger charge is 2.60. The van der Waals surface area contributed by atoms with E-state index >= 15 is 0 Å². The third kappa shape index (κ3) is 2.65. The molecule has 1 aromatic rings. The number of amides is 3. The van der Waals surface area contributed by atoms with Crippen LogP contribution >= 0.6 is 0 Å². The van der Waals surface area contributed by atoms with Crippen molar-refractivity contribution in [1.82, 2.24) is 10.2 Å². The number of rotatable bonds is 5. The second-order valence-electron chi connectivity index (χ2n) is 7.35. The molecule has 3 fully saturated rings. The predicted molar refractivity (Wildman–Crippen MR) is 89.5 cm³/mol. The van der Waals surface area contributed by atoms with Crippen LogP contribution in [0.2, 0.25) is 0 Å². The summed E-state index contributed by atoms with van der Waals surface area (Å²) in [6, 6.07) is 5.86. The van der Waals surface area contributed by atoms with Crippen LogP contribution in [0.1, 0.15) is 24.8 Å². The highest BCUT2D eigenvalue weighted by atomic mass is 16.6. The number of imide groups is 1. The molecule has 1 saturated heterocycles. The Labute approximate surface area is 149 Å². The molecule has 3 amide bonds. The van der Waals surface area contributed by atoms with E-state index in [0.717, 1.165) is 24.2 Å². The van der Waals surface area contributed by atoms with Gasteiger partial charge in [-0.3, -0.25) is 29.4 Å². The number of carbonyl (C=O) groups excluding carboxylic acids is 3. The summed E-state index contributed by atoms with van der Waals surface area (Å²) in [6.45, 7) is -0.0672. The van der Waals surface area contributed by atoms with Crippen molar-refractivity contribution in [2.45, 2.75) is 25.8 Å². The summed E-state index contributed by atoms with van der Waals surface area (Å²) in [6.07, 6.45) is 2.98. The third-order valence-electron chi connectivity index (χ3n) is 5.96. The zero-order chi connectivity index (χ0) is 18.4. The minimum Gasteiger partial charge on any atom is -0.350 e. The fourth-order valence-corrected chi connectivity index (χ4v) is 4.76. The fraction of sp³-hybridized carbons (Fsp3) is 0.500. The molecule has 0 unspecified atom stereocenters. The third-order valence-corrected chi connectivity index (χ3v) is 5.96. The molecule has 1 heterocycles. The molecule has 4 atom stereocenters. The normalized spacial score (nSPS) is 29.2. The molecule has 8 nitrogen and oxygen atoms in total. The lowest BCUT2D eigenvalue weighted by atomic mass is 9.81. The molecule has 0 spiro atoms. The smallest absolute Gasteiger partial charge is 0.269 e. The number of hydrogen-bond acceptors (Lipinski definition) is 5. The maximum Gasteiger partial charge on any atom is 0.269 e. The molecule has 26 heavy (non-hydrogen) atoms. The quantitative estimate of drug-likeness (QED) is 0.484. The Bertz CT molecular complexity index is 763. The van der Waals surface area contributed by atoms with Gasteiger partial charge in [-0.15, -0.1) is 0 Å². The predicted octanol–water partition coefficient (Wildman–Crippen LogP) is 1.24. The van der Waals surface area contributed by atoms with Crippen molar-refractivity contribution in [3.05, 3.63) is 39.9 Å². The fourth-order valence-electron chi connectivity index (χ4n) is 4.76. The van der Waals surface area contributed by atoms with Gasteiger partial charge in [-0.2, -0.15) is 0 Å². The van der Waals surface area contributed by atoms with Crippen molar-refractivity contribution in [3.8, 4) is 0 Å². The van der Waals surface area contributed by atoms with E-state index < -0.39 is 10.8 Å². The number of benzene rings is 1. The van der Waals surface area contributed by atoms with E-state index in [2.05, 4.69) is 5.32 Å². The van der Waals surface area contributed by atoms with Crippen molar-refractivity contribution < 1.29 is 19.3 Å². The number of non-ortho nitro benzene ring substituents is 1. The number of nitrogens with one attached hydrogen (secondary N) is 1. The summed E-state index contributed by atoms with van der Waals surface area (Å²) in [7, 11) is 0. The number of hydrogen-bond donors (Lipinski definition) is 1. The van der Waals surface area contributed by atoms with Gasteiger partial charge in [0.2, 0.25) is 17.7 Å². The number of fused-ring (bicyclic) bond motifs is 5. The van der Waals surface area contributed by atoms with Gasteiger partial charge < -0.3 is 5.32 Å². The minimum atomic E-state index is -0.489. The molecule has 0 aromatic heterocycles. The summed E-state index contributed by atoms with van der Waals surface area (Å²) in [5, 5.41) is 13.3. The zero-order valence-corrected chi connectivity index (χ0v) is 14.1. The van der Waals surface area contributed by atoms with Gasteiger partial charge in [0, 0.05) is 18.7 Å². The molecule has 2 saturated carbocycles. The molecule has 136 valence electrons. The number of carbonyl (C=O) groups is 3. The van der Waals surface area contributed by atoms with Crippen LogP contribution < -0.4 is 5.32 Å². The van der Waals surface area contributed by atoms with Gasteiger partial charge >= 0.3 is 0 Å². The standard InChI is InChI=1S/C18H19N3O5/c22-14(19-8-10-1-5-13(6-2-10)21(25)26)9-20-17(23)15-11-3-4-12(7-11)16(15)18(20)24/h1-2,5-6,11-12,15-16H,3-4,7-9H2,(H,19,22)/t11-,12+,15-,16+. The summed E-state index contributed by atoms with van der Waals surface area (Å²) in [4.78, 5) is 48.6. The van der Waals surface area contributed by atoms with E-state index in [1.54, 1.807) is 12.1 Å². The molecule has 2 aliphatic carbocycles. The van der Waals surface area contributed by atoms with Gasteiger partial charge in [0.15, 0.2) is 0 Å². The Morgan fingerprint density at radius 1 is 1.12 bits per heavy atom. The van der Waals surface area contributed by atoms with Crippen molar-refractivity contribution >= 4 is 23.4 Å². The van der Waals surface area contributed by atoms with Crippen LogP contribution in [0.4, 0.5) is 5.69 Å². The Morgan fingerprint density at radius 2 is 1.69 bits per heavy atom. The van der Waals surface area contributed by atoms with Crippen molar-refractivity contribution in [2.75, 3.05) is 6.54 Å². The lowest BCUT2D eigenvalue weighted by molar-refractivity contribution is -0.384. The first-order valence-electron chi connectivity index (χ1n) is 8.81. The first-order chi connectivity index (χ1) is 12.5. The molecular weight excluding hydrogens is 338 g/mol. The van der Waals surface area contributed by atoms with E-state index in [4.69, 9.17) is 0 Å². The molecule has 8 heteroatoms. The van der Waals surface area contributed by atoms with E-state index in [9.17, 15) is 24.5 Å². The summed E-state index contributed by atoms with van der Waals surface area (Å²) >= 11 is 0. The topological polar surface area (TPSA) is 110 Å². The van der Waals surface area contributed by atoms with E-state index in [1.165, 1.54) is 12.1 Å². The van der Waals surface area contributed by atoms with Crippen molar-refractivity contribution in [3.63, 3.8) is 0 Å². The van der Waals surface area contributed by atoms with E-state index in [-0.39, 0.29) is 42.4 Å². The lowest BCUT2D eigenvalue weighted by Crippen LogP contribution is -2.41. The number of nitro benzene ring substituents is 1. The van der Waals surface area contributed by atoms with Crippen LogP contribution in [0.15, 0.2) is 24.3 Å². The van der Waals surface area contributed by atoms with Gasteiger partial charge in [0.05, 0.1) is 16.8 Å². The first kappa shape index (κ1) is 16.7. The Morgan fingerprint density at radius 3 is 2.23 bits per heavy atom. The number of nitrogens with zero attached hydrogens (tertiary/aromatic N) is 2. The average molecular weight is 357 g/mol. The molecule has 4 rings (SSSR count). The van der Waals surface area contributed by atoms with Gasteiger partial charge in [-0.1, -0.05) is 12.1 Å². The highest BCUT2D eigenvalue weighted by molar-refractivity contribution is 6.08. The monoisotopic (exact) mass is 357 g/mol. The molecule has 0 radical (unpaired) electrons. The zero-order valence-electron chi connectivity index (χ0n) is 14.1. The Kier molecular flexibility index (Phi) is 3.97. The maximum absolute atomic E-state index is 12.6. The van der Waals surface area contributed by atoms with Gasteiger partial charge in [0.25, 0.3) is 5.69 Å². The van der Waals surface area contributed by atoms with Crippen LogP contribution in [-0.2, 0) is 20.9 Å². The van der Waals surface area contributed by atoms with Crippen LogP contribution in [0.3, 0.4) is 0 Å². The molecular formula is C18H19N3O5. The summed E-state index contributed by atoms with van der Waals surface area (Å²) < 4.78 is 0. The van der Waals surface area contributed by atoms with Crippen molar-refractivity contribution in [1.29, 1.82) is 0 Å².